The monoisotopic (exact) mass is 339 g/mol. The lowest BCUT2D eigenvalue weighted by Gasteiger charge is -2.22. The summed E-state index contributed by atoms with van der Waals surface area (Å²) in [5, 5.41) is -0.177. The average Bonchev–Trinajstić information content (AvgIpc) is 2.12. The minimum absolute atomic E-state index is 0.0916. The number of sulfone groups is 1. The highest BCUT2D eigenvalue weighted by Gasteiger charge is 2.31. The Hall–Kier alpha value is 0.180. The molecular weight excluding hydrogens is 323 g/mol. The van der Waals surface area contributed by atoms with E-state index in [0.717, 1.165) is 4.90 Å². The molecule has 0 heterocycles. The molecule has 0 unspecified atom stereocenters. The molecule has 0 aromatic heterocycles. The first-order valence-electron chi connectivity index (χ1n) is 5.15. The SMILES string of the molecule is CC(C)S(=O)(=O)CCN(CCBr)CC(F)(F)F. The van der Waals surface area contributed by atoms with E-state index in [1.165, 1.54) is 13.8 Å². The molecule has 17 heavy (non-hydrogen) atoms. The van der Waals surface area contributed by atoms with Crippen molar-refractivity contribution in [3.63, 3.8) is 0 Å². The van der Waals surface area contributed by atoms with Crippen molar-refractivity contribution in [2.24, 2.45) is 0 Å². The molecule has 0 aromatic carbocycles. The number of hydrogen-bond acceptors (Lipinski definition) is 3. The van der Waals surface area contributed by atoms with Crippen LogP contribution in [0.4, 0.5) is 13.2 Å². The Labute approximate surface area is 108 Å². The van der Waals surface area contributed by atoms with Gasteiger partial charge in [-0.2, -0.15) is 13.2 Å². The maximum Gasteiger partial charge on any atom is 0.401 e. The van der Waals surface area contributed by atoms with Crippen LogP contribution in [0.5, 0.6) is 0 Å². The third kappa shape index (κ3) is 7.99. The van der Waals surface area contributed by atoms with Crippen molar-refractivity contribution >= 4 is 25.8 Å². The lowest BCUT2D eigenvalue weighted by molar-refractivity contribution is -0.144. The van der Waals surface area contributed by atoms with E-state index in [1.54, 1.807) is 0 Å². The number of alkyl halides is 4. The Balaban J connectivity index is 4.37. The summed E-state index contributed by atoms with van der Waals surface area (Å²) in [6.45, 7) is 2.05. The topological polar surface area (TPSA) is 37.4 Å². The number of hydrogen-bond donors (Lipinski definition) is 0. The van der Waals surface area contributed by atoms with Gasteiger partial charge in [-0.1, -0.05) is 15.9 Å². The van der Waals surface area contributed by atoms with E-state index in [-0.39, 0.29) is 18.8 Å². The zero-order chi connectivity index (χ0) is 13.7. The second-order valence-electron chi connectivity index (χ2n) is 4.00. The third-order valence-corrected chi connectivity index (χ3v) is 4.76. The molecule has 0 rings (SSSR count). The van der Waals surface area contributed by atoms with Crippen LogP contribution in [0, 0.1) is 0 Å². The zero-order valence-electron chi connectivity index (χ0n) is 9.80. The molecule has 3 nitrogen and oxygen atoms in total. The zero-order valence-corrected chi connectivity index (χ0v) is 12.2. The lowest BCUT2D eigenvalue weighted by atomic mass is 10.4. The predicted octanol–water partition coefficient (Wildman–Crippen LogP) is 2.07. The fraction of sp³-hybridized carbons (Fsp3) is 1.00. The Kier molecular flexibility index (Phi) is 7.01. The van der Waals surface area contributed by atoms with E-state index in [9.17, 15) is 21.6 Å². The fourth-order valence-corrected chi connectivity index (χ4v) is 2.62. The van der Waals surface area contributed by atoms with Gasteiger partial charge in [0.15, 0.2) is 9.84 Å². The van der Waals surface area contributed by atoms with Gasteiger partial charge >= 0.3 is 6.18 Å². The lowest BCUT2D eigenvalue weighted by Crippen LogP contribution is -2.39. The largest absolute Gasteiger partial charge is 0.401 e. The summed E-state index contributed by atoms with van der Waals surface area (Å²) in [5.74, 6) is -0.242. The Morgan fingerprint density at radius 3 is 2.12 bits per heavy atom. The average molecular weight is 340 g/mol. The van der Waals surface area contributed by atoms with Gasteiger partial charge in [0, 0.05) is 18.4 Å². The van der Waals surface area contributed by atoms with Crippen LogP contribution in [-0.4, -0.2) is 55.5 Å². The maximum atomic E-state index is 12.2. The summed E-state index contributed by atoms with van der Waals surface area (Å²) in [7, 11) is -3.29. The van der Waals surface area contributed by atoms with E-state index in [0.29, 0.717) is 5.33 Å². The molecule has 0 aliphatic carbocycles. The summed E-state index contributed by atoms with van der Waals surface area (Å²) in [6, 6.07) is 0. The van der Waals surface area contributed by atoms with E-state index >= 15 is 0 Å². The van der Waals surface area contributed by atoms with Crippen LogP contribution >= 0.6 is 15.9 Å². The minimum Gasteiger partial charge on any atom is -0.293 e. The fourth-order valence-electron chi connectivity index (χ4n) is 1.14. The summed E-state index contributed by atoms with van der Waals surface area (Å²) >= 11 is 3.05. The van der Waals surface area contributed by atoms with Gasteiger partial charge in [0.25, 0.3) is 0 Å². The highest BCUT2D eigenvalue weighted by atomic mass is 79.9. The van der Waals surface area contributed by atoms with Crippen molar-refractivity contribution in [3.8, 4) is 0 Å². The second kappa shape index (κ2) is 6.94. The molecular formula is C9H17BrF3NO2S. The van der Waals surface area contributed by atoms with Crippen LogP contribution in [0.2, 0.25) is 0 Å². The quantitative estimate of drug-likeness (QED) is 0.666. The predicted molar refractivity (Wildman–Crippen MR) is 65.2 cm³/mol. The molecule has 0 aliphatic heterocycles. The molecule has 0 aromatic rings. The first kappa shape index (κ1) is 17.2. The standard InChI is InChI=1S/C9H17BrF3NO2S/c1-8(2)17(15,16)6-5-14(4-3-10)7-9(11,12)13/h8H,3-7H2,1-2H3. The van der Waals surface area contributed by atoms with Crippen molar-refractivity contribution in [2.45, 2.75) is 25.3 Å². The van der Waals surface area contributed by atoms with Crippen LogP contribution in [-0.2, 0) is 9.84 Å². The Morgan fingerprint density at radius 2 is 1.76 bits per heavy atom. The van der Waals surface area contributed by atoms with Crippen molar-refractivity contribution in [3.05, 3.63) is 0 Å². The summed E-state index contributed by atoms with van der Waals surface area (Å²) in [6.07, 6.45) is -4.30. The van der Waals surface area contributed by atoms with Crippen LogP contribution in [0.25, 0.3) is 0 Å². The molecule has 0 saturated carbocycles. The summed E-state index contributed by atoms with van der Waals surface area (Å²) in [4.78, 5) is 1.09. The molecule has 0 N–H and O–H groups in total. The Morgan fingerprint density at radius 1 is 1.24 bits per heavy atom. The number of nitrogens with zero attached hydrogens (tertiary/aromatic N) is 1. The summed E-state index contributed by atoms with van der Waals surface area (Å²) in [5.41, 5.74) is 0. The molecule has 0 saturated heterocycles. The molecule has 0 amide bonds. The van der Waals surface area contributed by atoms with Crippen LogP contribution in [0.15, 0.2) is 0 Å². The van der Waals surface area contributed by atoms with Gasteiger partial charge in [-0.15, -0.1) is 0 Å². The molecule has 0 radical (unpaired) electrons. The molecule has 0 fully saturated rings. The number of rotatable bonds is 7. The van der Waals surface area contributed by atoms with Crippen LogP contribution < -0.4 is 0 Å². The van der Waals surface area contributed by atoms with Gasteiger partial charge in [0.05, 0.1) is 17.5 Å². The summed E-state index contributed by atoms with van der Waals surface area (Å²) < 4.78 is 59.6. The van der Waals surface area contributed by atoms with Gasteiger partial charge in [-0.25, -0.2) is 8.42 Å². The van der Waals surface area contributed by atoms with Crippen molar-refractivity contribution in [1.82, 2.24) is 4.90 Å². The van der Waals surface area contributed by atoms with E-state index in [4.69, 9.17) is 0 Å². The molecule has 104 valence electrons. The molecule has 0 spiro atoms. The first-order chi connectivity index (χ1) is 7.58. The van der Waals surface area contributed by atoms with Gasteiger partial charge in [0.1, 0.15) is 0 Å². The van der Waals surface area contributed by atoms with Crippen molar-refractivity contribution < 1.29 is 21.6 Å². The maximum absolute atomic E-state index is 12.2. The molecule has 0 bridgehead atoms. The molecule has 0 aliphatic rings. The van der Waals surface area contributed by atoms with Gasteiger partial charge in [0.2, 0.25) is 0 Å². The van der Waals surface area contributed by atoms with Gasteiger partial charge < -0.3 is 0 Å². The normalized spacial score (nSPS) is 13.6. The van der Waals surface area contributed by atoms with Gasteiger partial charge in [-0.3, -0.25) is 4.90 Å². The highest BCUT2D eigenvalue weighted by molar-refractivity contribution is 9.09. The first-order valence-corrected chi connectivity index (χ1v) is 7.99. The van der Waals surface area contributed by atoms with Crippen LogP contribution in [0.3, 0.4) is 0 Å². The molecule has 0 atom stereocenters. The van der Waals surface area contributed by atoms with Crippen molar-refractivity contribution in [2.75, 3.05) is 30.7 Å². The van der Waals surface area contributed by atoms with Crippen LogP contribution in [0.1, 0.15) is 13.8 Å². The number of halogens is 4. The van der Waals surface area contributed by atoms with E-state index in [2.05, 4.69) is 15.9 Å². The second-order valence-corrected chi connectivity index (χ2v) is 7.47. The van der Waals surface area contributed by atoms with Crippen molar-refractivity contribution in [1.29, 1.82) is 0 Å². The smallest absolute Gasteiger partial charge is 0.293 e. The van der Waals surface area contributed by atoms with E-state index < -0.39 is 27.8 Å². The Bertz CT molecular complexity index is 317. The minimum atomic E-state index is -4.30. The third-order valence-electron chi connectivity index (χ3n) is 2.21. The van der Waals surface area contributed by atoms with Gasteiger partial charge in [-0.05, 0) is 13.8 Å². The highest BCUT2D eigenvalue weighted by Crippen LogP contribution is 2.16. The van der Waals surface area contributed by atoms with E-state index in [1.807, 2.05) is 0 Å². The molecule has 8 heteroatoms.